The number of benzene rings is 2. The number of hydrogen-bond acceptors (Lipinski definition) is 5. The molecule has 0 saturated heterocycles. The topological polar surface area (TPSA) is 117 Å². The SMILES string of the molecule is Cc1ccc([C@@]2(NC(=O)c3cccc4[nH]cnc34)CCOc3cccnc32)cc1.O=CO. The minimum absolute atomic E-state index is 0.193. The summed E-state index contributed by atoms with van der Waals surface area (Å²) in [6.45, 7) is 2.28. The van der Waals surface area contributed by atoms with Gasteiger partial charge in [0.1, 0.15) is 22.5 Å². The Morgan fingerprint density at radius 3 is 2.72 bits per heavy atom. The van der Waals surface area contributed by atoms with Crippen LogP contribution >= 0.6 is 0 Å². The van der Waals surface area contributed by atoms with Gasteiger partial charge in [0.2, 0.25) is 0 Å². The van der Waals surface area contributed by atoms with Crippen molar-refractivity contribution in [1.82, 2.24) is 20.3 Å². The van der Waals surface area contributed by atoms with Crippen molar-refractivity contribution in [3.63, 3.8) is 0 Å². The summed E-state index contributed by atoms with van der Waals surface area (Å²) in [6.07, 6.45) is 3.92. The first-order valence-electron chi connectivity index (χ1n) is 10.1. The number of H-pyrrole nitrogens is 1. The zero-order chi connectivity index (χ0) is 22.6. The molecule has 162 valence electrons. The number of rotatable bonds is 3. The van der Waals surface area contributed by atoms with Gasteiger partial charge in [0, 0.05) is 12.6 Å². The molecule has 0 saturated carbocycles. The lowest BCUT2D eigenvalue weighted by atomic mass is 9.81. The molecular formula is C24H22N4O4. The van der Waals surface area contributed by atoms with Crippen molar-refractivity contribution in [3.8, 4) is 5.75 Å². The normalized spacial score (nSPS) is 16.8. The fourth-order valence-electron chi connectivity index (χ4n) is 3.98. The quantitative estimate of drug-likeness (QED) is 0.429. The van der Waals surface area contributed by atoms with Crippen LogP contribution in [0.1, 0.15) is 33.6 Å². The number of ether oxygens (including phenoxy) is 1. The Morgan fingerprint density at radius 2 is 1.94 bits per heavy atom. The van der Waals surface area contributed by atoms with Crippen molar-refractivity contribution < 1.29 is 19.4 Å². The van der Waals surface area contributed by atoms with Gasteiger partial charge in [-0.2, -0.15) is 0 Å². The number of nitrogens with zero attached hydrogens (tertiary/aromatic N) is 2. The van der Waals surface area contributed by atoms with E-state index in [9.17, 15) is 4.79 Å². The maximum absolute atomic E-state index is 13.4. The number of carbonyl (C=O) groups is 2. The van der Waals surface area contributed by atoms with Gasteiger partial charge in [0.25, 0.3) is 12.4 Å². The molecule has 8 nitrogen and oxygen atoms in total. The number of imidazole rings is 1. The van der Waals surface area contributed by atoms with Gasteiger partial charge in [-0.1, -0.05) is 35.9 Å². The molecule has 0 unspecified atom stereocenters. The Labute approximate surface area is 184 Å². The second-order valence-corrected chi connectivity index (χ2v) is 7.38. The highest BCUT2D eigenvalue weighted by molar-refractivity contribution is 6.05. The number of amides is 1. The molecule has 0 spiro atoms. The van der Waals surface area contributed by atoms with Gasteiger partial charge in [0.15, 0.2) is 0 Å². The summed E-state index contributed by atoms with van der Waals surface area (Å²) >= 11 is 0. The van der Waals surface area contributed by atoms with Gasteiger partial charge in [-0.05, 0) is 36.8 Å². The third-order valence-corrected chi connectivity index (χ3v) is 5.48. The fraction of sp³-hybridized carbons (Fsp3) is 0.167. The predicted octanol–water partition coefficient (Wildman–Crippen LogP) is 3.42. The minimum atomic E-state index is -0.780. The van der Waals surface area contributed by atoms with Gasteiger partial charge in [-0.25, -0.2) is 4.98 Å². The van der Waals surface area contributed by atoms with Crippen LogP contribution in [-0.2, 0) is 10.3 Å². The number of para-hydroxylation sites is 1. The van der Waals surface area contributed by atoms with Crippen molar-refractivity contribution in [3.05, 3.63) is 89.5 Å². The first kappa shape index (κ1) is 21.0. The maximum Gasteiger partial charge on any atom is 0.290 e. The summed E-state index contributed by atoms with van der Waals surface area (Å²) in [5, 5.41) is 10.2. The third-order valence-electron chi connectivity index (χ3n) is 5.48. The molecule has 0 bridgehead atoms. The Kier molecular flexibility index (Phi) is 5.85. The first-order valence-corrected chi connectivity index (χ1v) is 10.1. The smallest absolute Gasteiger partial charge is 0.290 e. The van der Waals surface area contributed by atoms with Gasteiger partial charge >= 0.3 is 0 Å². The molecule has 1 amide bonds. The van der Waals surface area contributed by atoms with Crippen LogP contribution < -0.4 is 10.1 Å². The summed E-state index contributed by atoms with van der Waals surface area (Å²) in [7, 11) is 0. The van der Waals surface area contributed by atoms with E-state index in [4.69, 9.17) is 14.6 Å². The van der Waals surface area contributed by atoms with Crippen LogP contribution in [0.2, 0.25) is 0 Å². The molecule has 4 aromatic rings. The lowest BCUT2D eigenvalue weighted by molar-refractivity contribution is -0.122. The third kappa shape index (κ3) is 3.78. The molecule has 5 rings (SSSR count). The van der Waals surface area contributed by atoms with Crippen molar-refractivity contribution in [1.29, 1.82) is 0 Å². The minimum Gasteiger partial charge on any atom is -0.491 e. The van der Waals surface area contributed by atoms with Crippen LogP contribution in [-0.4, -0.2) is 39.0 Å². The van der Waals surface area contributed by atoms with E-state index < -0.39 is 5.54 Å². The Bertz CT molecular complexity index is 1250. The van der Waals surface area contributed by atoms with Crippen molar-refractivity contribution in [2.24, 2.45) is 0 Å². The predicted molar refractivity (Wildman–Crippen MR) is 119 cm³/mol. The second kappa shape index (κ2) is 8.89. The van der Waals surface area contributed by atoms with Gasteiger partial charge in [-0.15, -0.1) is 0 Å². The molecule has 3 heterocycles. The molecule has 0 radical (unpaired) electrons. The number of carboxylic acid groups (broad SMARTS) is 1. The van der Waals surface area contributed by atoms with E-state index in [-0.39, 0.29) is 12.4 Å². The van der Waals surface area contributed by atoms with Gasteiger partial charge in [0.05, 0.1) is 24.0 Å². The number of hydrogen-bond donors (Lipinski definition) is 3. The highest BCUT2D eigenvalue weighted by Gasteiger charge is 2.42. The number of aromatic amines is 1. The molecule has 3 N–H and O–H groups in total. The molecule has 2 aromatic carbocycles. The number of fused-ring (bicyclic) bond motifs is 2. The summed E-state index contributed by atoms with van der Waals surface area (Å²) < 4.78 is 5.84. The number of nitrogens with one attached hydrogen (secondary N) is 2. The molecular weight excluding hydrogens is 408 g/mol. The van der Waals surface area contributed by atoms with Crippen molar-refractivity contribution in [2.75, 3.05) is 6.61 Å². The number of carbonyl (C=O) groups excluding carboxylic acids is 1. The van der Waals surface area contributed by atoms with Crippen LogP contribution in [0.5, 0.6) is 5.75 Å². The maximum atomic E-state index is 13.4. The lowest BCUT2D eigenvalue weighted by Crippen LogP contribution is -2.50. The van der Waals surface area contributed by atoms with Gasteiger partial charge < -0.3 is 20.1 Å². The van der Waals surface area contributed by atoms with Crippen LogP contribution in [0.4, 0.5) is 0 Å². The van der Waals surface area contributed by atoms with Gasteiger partial charge in [-0.3, -0.25) is 14.6 Å². The Hall–Kier alpha value is -4.20. The average molecular weight is 430 g/mol. The molecule has 32 heavy (non-hydrogen) atoms. The number of aryl methyl sites for hydroxylation is 1. The summed E-state index contributed by atoms with van der Waals surface area (Å²) in [6, 6.07) is 17.5. The molecule has 1 aliphatic rings. The van der Waals surface area contributed by atoms with E-state index in [1.54, 1.807) is 18.6 Å². The number of aromatic nitrogens is 3. The van der Waals surface area contributed by atoms with E-state index >= 15 is 0 Å². The van der Waals surface area contributed by atoms with Crippen molar-refractivity contribution in [2.45, 2.75) is 18.9 Å². The average Bonchev–Trinajstić information content (AvgIpc) is 3.29. The summed E-state index contributed by atoms with van der Waals surface area (Å²) in [5.74, 6) is 0.499. The monoisotopic (exact) mass is 430 g/mol. The van der Waals surface area contributed by atoms with Crippen LogP contribution in [0.15, 0.2) is 67.1 Å². The largest absolute Gasteiger partial charge is 0.491 e. The van der Waals surface area contributed by atoms with Crippen LogP contribution in [0.3, 0.4) is 0 Å². The molecule has 0 fully saturated rings. The van der Waals surface area contributed by atoms with Crippen LogP contribution in [0, 0.1) is 6.92 Å². The standard InChI is InChI=1S/C23H20N4O2.CH2O2/c1-15-7-9-16(10-8-15)23(11-13-29-19-6-3-12-24-21(19)23)27-22(28)17-4-2-5-18-20(17)26-14-25-18;2-1-3/h2-10,12,14H,11,13H2,1H3,(H,25,26)(H,27,28);1H,(H,2,3)/t23-;/m0./s1. The van der Waals surface area contributed by atoms with E-state index in [2.05, 4.69) is 44.5 Å². The summed E-state index contributed by atoms with van der Waals surface area (Å²) in [5.41, 5.74) is 4.08. The van der Waals surface area contributed by atoms with E-state index in [1.807, 2.05) is 31.2 Å². The zero-order valence-electron chi connectivity index (χ0n) is 17.4. The van der Waals surface area contributed by atoms with E-state index in [1.165, 1.54) is 0 Å². The van der Waals surface area contributed by atoms with Crippen molar-refractivity contribution >= 4 is 23.4 Å². The molecule has 1 atom stereocenters. The second-order valence-electron chi connectivity index (χ2n) is 7.38. The molecule has 0 aliphatic carbocycles. The molecule has 1 aliphatic heterocycles. The molecule has 8 heteroatoms. The molecule has 2 aromatic heterocycles. The van der Waals surface area contributed by atoms with Crippen LogP contribution in [0.25, 0.3) is 11.0 Å². The zero-order valence-corrected chi connectivity index (χ0v) is 17.4. The Morgan fingerprint density at radius 1 is 1.16 bits per heavy atom. The summed E-state index contributed by atoms with van der Waals surface area (Å²) in [4.78, 5) is 33.8. The van der Waals surface area contributed by atoms with E-state index in [0.29, 0.717) is 29.9 Å². The fourth-order valence-corrected chi connectivity index (χ4v) is 3.98. The number of pyridine rings is 1. The Balaban J connectivity index is 0.000000775. The first-order chi connectivity index (χ1) is 15.6. The lowest BCUT2D eigenvalue weighted by Gasteiger charge is -2.39. The highest BCUT2D eigenvalue weighted by atomic mass is 16.5. The highest BCUT2D eigenvalue weighted by Crippen LogP contribution is 2.40. The van der Waals surface area contributed by atoms with E-state index in [0.717, 1.165) is 22.3 Å².